The summed E-state index contributed by atoms with van der Waals surface area (Å²) in [5.41, 5.74) is 2.69. The van der Waals surface area contributed by atoms with Gasteiger partial charge < -0.3 is 19.5 Å². The van der Waals surface area contributed by atoms with Gasteiger partial charge in [0.25, 0.3) is 0 Å². The van der Waals surface area contributed by atoms with E-state index in [9.17, 15) is 4.79 Å². The largest absolute Gasteiger partial charge is 0.497 e. The summed E-state index contributed by atoms with van der Waals surface area (Å²) in [6.07, 6.45) is 0. The first-order valence-corrected chi connectivity index (χ1v) is 10.8. The number of methoxy groups -OCH3 is 2. The van der Waals surface area contributed by atoms with Crippen LogP contribution in [-0.4, -0.2) is 50.2 Å². The SMILES string of the molecule is CCOc1ccc(CN(C)CC(=O)Nc2nc(-c3ccc(OC)cc3OC)cs2)cc1. The molecule has 0 bridgehead atoms. The molecule has 2 aromatic carbocycles. The number of carbonyl (C=O) groups is 1. The number of anilines is 1. The number of amides is 1. The van der Waals surface area contributed by atoms with E-state index in [-0.39, 0.29) is 12.5 Å². The molecule has 0 radical (unpaired) electrons. The first-order valence-electron chi connectivity index (χ1n) is 9.90. The van der Waals surface area contributed by atoms with Crippen molar-refractivity contribution in [1.82, 2.24) is 9.88 Å². The van der Waals surface area contributed by atoms with Crippen molar-refractivity contribution >= 4 is 22.4 Å². The summed E-state index contributed by atoms with van der Waals surface area (Å²) in [6.45, 7) is 3.52. The predicted octanol–water partition coefficient (Wildman–Crippen LogP) is 4.30. The van der Waals surface area contributed by atoms with E-state index in [0.717, 1.165) is 22.6 Å². The van der Waals surface area contributed by atoms with Gasteiger partial charge in [0.05, 0.1) is 33.1 Å². The van der Waals surface area contributed by atoms with E-state index < -0.39 is 0 Å². The molecule has 0 aliphatic carbocycles. The number of carbonyl (C=O) groups excluding carboxylic acids is 1. The maximum atomic E-state index is 12.5. The average molecular weight is 442 g/mol. The van der Waals surface area contributed by atoms with Crippen LogP contribution in [0.5, 0.6) is 17.2 Å². The molecule has 1 N–H and O–H groups in total. The van der Waals surface area contributed by atoms with Gasteiger partial charge >= 0.3 is 0 Å². The normalized spacial score (nSPS) is 10.7. The van der Waals surface area contributed by atoms with Gasteiger partial charge in [-0.25, -0.2) is 4.98 Å². The third-order valence-corrected chi connectivity index (χ3v) is 5.29. The number of nitrogens with one attached hydrogen (secondary N) is 1. The molecule has 1 amide bonds. The zero-order chi connectivity index (χ0) is 22.2. The molecule has 3 rings (SSSR count). The van der Waals surface area contributed by atoms with E-state index in [1.807, 2.05) is 66.7 Å². The lowest BCUT2D eigenvalue weighted by Gasteiger charge is -2.16. The summed E-state index contributed by atoms with van der Waals surface area (Å²) in [6, 6.07) is 13.5. The molecule has 0 aliphatic heterocycles. The standard InChI is InChI=1S/C23H27N3O4S/c1-5-30-17-8-6-16(7-9-17)13-26(2)14-22(27)25-23-24-20(15-31-23)19-11-10-18(28-3)12-21(19)29-4/h6-12,15H,5,13-14H2,1-4H3,(H,24,25,27). The van der Waals surface area contributed by atoms with Crippen molar-refractivity contribution in [3.8, 4) is 28.5 Å². The van der Waals surface area contributed by atoms with Gasteiger partial charge in [-0.15, -0.1) is 11.3 Å². The zero-order valence-electron chi connectivity index (χ0n) is 18.2. The molecule has 1 heterocycles. The molecule has 3 aromatic rings. The number of ether oxygens (including phenoxy) is 3. The lowest BCUT2D eigenvalue weighted by Crippen LogP contribution is -2.29. The lowest BCUT2D eigenvalue weighted by molar-refractivity contribution is -0.117. The van der Waals surface area contributed by atoms with Crippen LogP contribution in [-0.2, 0) is 11.3 Å². The minimum atomic E-state index is -0.115. The van der Waals surface area contributed by atoms with Gasteiger partial charge in [-0.2, -0.15) is 0 Å². The van der Waals surface area contributed by atoms with Crippen LogP contribution in [0, 0.1) is 0 Å². The lowest BCUT2D eigenvalue weighted by atomic mass is 10.1. The number of hydrogen-bond donors (Lipinski definition) is 1. The molecule has 0 aliphatic rings. The maximum absolute atomic E-state index is 12.5. The molecule has 0 unspecified atom stereocenters. The highest BCUT2D eigenvalue weighted by Crippen LogP contribution is 2.34. The molecule has 0 fully saturated rings. The van der Waals surface area contributed by atoms with Gasteiger partial charge in [0.2, 0.25) is 5.91 Å². The molecule has 1 aromatic heterocycles. The minimum Gasteiger partial charge on any atom is -0.497 e. The molecule has 8 heteroatoms. The van der Waals surface area contributed by atoms with Crippen molar-refractivity contribution in [2.75, 3.05) is 39.7 Å². The molecule has 164 valence electrons. The summed E-state index contributed by atoms with van der Waals surface area (Å²) in [5, 5.41) is 5.32. The molecule has 0 saturated heterocycles. The fourth-order valence-electron chi connectivity index (χ4n) is 3.09. The number of nitrogens with zero attached hydrogens (tertiary/aromatic N) is 2. The van der Waals surface area contributed by atoms with Crippen LogP contribution in [0.3, 0.4) is 0 Å². The topological polar surface area (TPSA) is 72.9 Å². The molecular weight excluding hydrogens is 414 g/mol. The van der Waals surface area contributed by atoms with Crippen LogP contribution in [0.25, 0.3) is 11.3 Å². The molecular formula is C23H27N3O4S. The second-order valence-electron chi connectivity index (χ2n) is 6.90. The van der Waals surface area contributed by atoms with E-state index in [0.29, 0.717) is 29.8 Å². The smallest absolute Gasteiger partial charge is 0.240 e. The summed E-state index contributed by atoms with van der Waals surface area (Å²) >= 11 is 1.38. The number of likely N-dealkylation sites (N-methyl/N-ethyl adjacent to an activating group) is 1. The predicted molar refractivity (Wildman–Crippen MR) is 123 cm³/mol. The van der Waals surface area contributed by atoms with Gasteiger partial charge in [0.15, 0.2) is 5.13 Å². The Balaban J connectivity index is 1.57. The van der Waals surface area contributed by atoms with Gasteiger partial charge in [0, 0.05) is 23.6 Å². The van der Waals surface area contributed by atoms with Crippen LogP contribution < -0.4 is 19.5 Å². The van der Waals surface area contributed by atoms with Crippen molar-refractivity contribution in [1.29, 1.82) is 0 Å². The van der Waals surface area contributed by atoms with Crippen molar-refractivity contribution in [3.05, 3.63) is 53.4 Å². The van der Waals surface area contributed by atoms with Crippen molar-refractivity contribution in [2.24, 2.45) is 0 Å². The summed E-state index contributed by atoms with van der Waals surface area (Å²) < 4.78 is 16.1. The Morgan fingerprint density at radius 1 is 1.10 bits per heavy atom. The number of benzene rings is 2. The van der Waals surface area contributed by atoms with Gasteiger partial charge in [0.1, 0.15) is 17.2 Å². The molecule has 7 nitrogen and oxygen atoms in total. The fourth-order valence-corrected chi connectivity index (χ4v) is 3.82. The molecule has 0 saturated carbocycles. The first-order chi connectivity index (χ1) is 15.0. The van der Waals surface area contributed by atoms with Crippen molar-refractivity contribution < 1.29 is 19.0 Å². The highest BCUT2D eigenvalue weighted by molar-refractivity contribution is 7.14. The van der Waals surface area contributed by atoms with Crippen molar-refractivity contribution in [2.45, 2.75) is 13.5 Å². The Bertz CT molecular complexity index is 1000. The third-order valence-electron chi connectivity index (χ3n) is 4.54. The number of thiazole rings is 1. The summed E-state index contributed by atoms with van der Waals surface area (Å²) in [4.78, 5) is 18.9. The molecule has 0 spiro atoms. The highest BCUT2D eigenvalue weighted by atomic mass is 32.1. The van der Waals surface area contributed by atoms with Crippen LogP contribution >= 0.6 is 11.3 Å². The van der Waals surface area contributed by atoms with Gasteiger partial charge in [-0.1, -0.05) is 12.1 Å². The second-order valence-corrected chi connectivity index (χ2v) is 7.76. The average Bonchev–Trinajstić information content (AvgIpc) is 3.22. The quantitative estimate of drug-likeness (QED) is 0.506. The van der Waals surface area contributed by atoms with E-state index in [4.69, 9.17) is 14.2 Å². The summed E-state index contributed by atoms with van der Waals surface area (Å²) in [5.74, 6) is 2.10. The zero-order valence-corrected chi connectivity index (χ0v) is 19.0. The monoisotopic (exact) mass is 441 g/mol. The second kappa shape index (κ2) is 10.8. The van der Waals surface area contributed by atoms with E-state index in [1.54, 1.807) is 14.2 Å². The Morgan fingerprint density at radius 2 is 1.84 bits per heavy atom. The van der Waals surface area contributed by atoms with Crippen LogP contribution in [0.15, 0.2) is 47.8 Å². The number of aromatic nitrogens is 1. The van der Waals surface area contributed by atoms with E-state index in [2.05, 4.69) is 10.3 Å². The summed E-state index contributed by atoms with van der Waals surface area (Å²) in [7, 11) is 5.12. The molecule has 31 heavy (non-hydrogen) atoms. The molecule has 0 atom stereocenters. The van der Waals surface area contributed by atoms with Crippen molar-refractivity contribution in [3.63, 3.8) is 0 Å². The first kappa shape index (κ1) is 22.6. The van der Waals surface area contributed by atoms with Crippen LogP contribution in [0.1, 0.15) is 12.5 Å². The van der Waals surface area contributed by atoms with Gasteiger partial charge in [-0.05, 0) is 43.8 Å². The van der Waals surface area contributed by atoms with Gasteiger partial charge in [-0.3, -0.25) is 9.69 Å². The Morgan fingerprint density at radius 3 is 2.52 bits per heavy atom. The number of hydrogen-bond acceptors (Lipinski definition) is 7. The highest BCUT2D eigenvalue weighted by Gasteiger charge is 2.14. The van der Waals surface area contributed by atoms with E-state index >= 15 is 0 Å². The van der Waals surface area contributed by atoms with Crippen LogP contribution in [0.2, 0.25) is 0 Å². The van der Waals surface area contributed by atoms with Crippen LogP contribution in [0.4, 0.5) is 5.13 Å². The Labute approximate surface area is 186 Å². The number of rotatable bonds is 10. The Hall–Kier alpha value is -3.10. The minimum absolute atomic E-state index is 0.115. The maximum Gasteiger partial charge on any atom is 0.240 e. The third kappa shape index (κ3) is 6.19. The van der Waals surface area contributed by atoms with E-state index in [1.165, 1.54) is 11.3 Å². The Kier molecular flexibility index (Phi) is 7.86. The fraction of sp³-hybridized carbons (Fsp3) is 0.304.